The summed E-state index contributed by atoms with van der Waals surface area (Å²) in [4.78, 5) is 26.3. The highest BCUT2D eigenvalue weighted by Crippen LogP contribution is 2.30. The van der Waals surface area contributed by atoms with Gasteiger partial charge in [0.2, 0.25) is 5.88 Å². The molecular formula is C28H36N4O4. The number of nitrogens with zero attached hydrogens (tertiary/aromatic N) is 4. The van der Waals surface area contributed by atoms with E-state index in [0.717, 1.165) is 18.5 Å². The number of aliphatic hydroxyl groups is 2. The van der Waals surface area contributed by atoms with Crippen LogP contribution in [0.3, 0.4) is 0 Å². The quantitative estimate of drug-likeness (QED) is 0.598. The lowest BCUT2D eigenvalue weighted by molar-refractivity contribution is 0.0324. The van der Waals surface area contributed by atoms with Crippen LogP contribution in [-0.2, 0) is 6.54 Å². The molecule has 192 valence electrons. The van der Waals surface area contributed by atoms with E-state index in [1.54, 1.807) is 23.4 Å². The van der Waals surface area contributed by atoms with E-state index in [1.165, 1.54) is 0 Å². The number of ether oxygens (including phenoxy) is 1. The number of likely N-dealkylation sites (N-methyl/N-ethyl adjacent to an activating group) is 1. The Morgan fingerprint density at radius 1 is 1.31 bits per heavy atom. The molecule has 8 heteroatoms. The van der Waals surface area contributed by atoms with Crippen LogP contribution in [0.2, 0.25) is 0 Å². The maximum atomic E-state index is 13.6. The number of amides is 1. The van der Waals surface area contributed by atoms with Gasteiger partial charge in [-0.3, -0.25) is 14.7 Å². The molecule has 0 radical (unpaired) electrons. The molecule has 0 saturated heterocycles. The number of rotatable bonds is 6. The normalized spacial score (nSPS) is 22.2. The SMILES string of the molecule is C[C@H](CO)N1C[C@H](C)[C@H](CN(C)Cc2ccccn2)Oc2ncc(C#CC3(O)CCCC3)cc2C1=O. The zero-order valence-electron chi connectivity index (χ0n) is 21.4. The molecule has 1 saturated carbocycles. The van der Waals surface area contributed by atoms with Crippen molar-refractivity contribution in [1.29, 1.82) is 0 Å². The summed E-state index contributed by atoms with van der Waals surface area (Å²) < 4.78 is 6.36. The van der Waals surface area contributed by atoms with Gasteiger partial charge >= 0.3 is 0 Å². The van der Waals surface area contributed by atoms with Gasteiger partial charge in [-0.15, -0.1) is 0 Å². The molecule has 2 aromatic rings. The number of pyridine rings is 2. The lowest BCUT2D eigenvalue weighted by atomic mass is 9.99. The van der Waals surface area contributed by atoms with Crippen LogP contribution >= 0.6 is 0 Å². The van der Waals surface area contributed by atoms with E-state index in [9.17, 15) is 15.0 Å². The van der Waals surface area contributed by atoms with Crippen LogP contribution in [0.5, 0.6) is 5.88 Å². The summed E-state index contributed by atoms with van der Waals surface area (Å²) in [6, 6.07) is 7.19. The molecule has 3 atom stereocenters. The van der Waals surface area contributed by atoms with Gasteiger partial charge in [0.15, 0.2) is 0 Å². The van der Waals surface area contributed by atoms with Crippen molar-refractivity contribution >= 4 is 5.91 Å². The van der Waals surface area contributed by atoms with Gasteiger partial charge in [0, 0.05) is 43.5 Å². The summed E-state index contributed by atoms with van der Waals surface area (Å²) in [5, 5.41) is 20.5. The Kier molecular flexibility index (Phi) is 8.24. The molecule has 1 fully saturated rings. The number of carbonyl (C=O) groups excluding carboxylic acids is 1. The van der Waals surface area contributed by atoms with Crippen LogP contribution in [0.1, 0.15) is 61.1 Å². The summed E-state index contributed by atoms with van der Waals surface area (Å²) in [6.45, 7) is 5.47. The van der Waals surface area contributed by atoms with E-state index in [1.807, 2.05) is 32.2 Å². The number of hydrogen-bond acceptors (Lipinski definition) is 7. The van der Waals surface area contributed by atoms with Crippen molar-refractivity contribution in [2.24, 2.45) is 5.92 Å². The van der Waals surface area contributed by atoms with E-state index >= 15 is 0 Å². The number of hydrogen-bond donors (Lipinski definition) is 2. The maximum absolute atomic E-state index is 13.6. The highest BCUT2D eigenvalue weighted by Gasteiger charge is 2.34. The number of aliphatic hydroxyl groups excluding tert-OH is 1. The summed E-state index contributed by atoms with van der Waals surface area (Å²) >= 11 is 0. The van der Waals surface area contributed by atoms with Gasteiger partial charge in [0.05, 0.1) is 18.3 Å². The zero-order chi connectivity index (χ0) is 25.7. The van der Waals surface area contributed by atoms with Crippen molar-refractivity contribution in [2.75, 3.05) is 26.7 Å². The third-order valence-corrected chi connectivity index (χ3v) is 7.04. The van der Waals surface area contributed by atoms with E-state index in [4.69, 9.17) is 4.74 Å². The predicted octanol–water partition coefficient (Wildman–Crippen LogP) is 2.49. The zero-order valence-corrected chi connectivity index (χ0v) is 21.4. The molecule has 2 aliphatic rings. The smallest absolute Gasteiger partial charge is 0.259 e. The van der Waals surface area contributed by atoms with E-state index in [2.05, 4.69) is 33.6 Å². The molecular weight excluding hydrogens is 456 g/mol. The number of carbonyl (C=O) groups is 1. The highest BCUT2D eigenvalue weighted by atomic mass is 16.5. The van der Waals surface area contributed by atoms with Gasteiger partial charge < -0.3 is 19.8 Å². The molecule has 1 amide bonds. The van der Waals surface area contributed by atoms with E-state index < -0.39 is 5.60 Å². The Balaban J connectivity index is 1.61. The highest BCUT2D eigenvalue weighted by molar-refractivity contribution is 5.97. The standard InChI is InChI=1S/C28H36N4O4/c1-20-16-32(21(2)19-33)27(34)24-14-22(9-12-28(35)10-5-6-11-28)15-30-26(24)36-25(20)18-31(3)17-23-8-4-7-13-29-23/h4,7-8,13-15,20-21,25,33,35H,5-6,10-11,16-19H2,1-3H3/t20-,21+,25-/m0/s1. The predicted molar refractivity (Wildman–Crippen MR) is 136 cm³/mol. The van der Waals surface area contributed by atoms with Gasteiger partial charge in [-0.2, -0.15) is 0 Å². The van der Waals surface area contributed by atoms with Crippen molar-refractivity contribution < 1.29 is 19.7 Å². The molecule has 4 rings (SSSR count). The largest absolute Gasteiger partial charge is 0.472 e. The third kappa shape index (κ3) is 6.22. The minimum absolute atomic E-state index is 0.000152. The minimum Gasteiger partial charge on any atom is -0.472 e. The Morgan fingerprint density at radius 2 is 2.08 bits per heavy atom. The van der Waals surface area contributed by atoms with Gasteiger partial charge in [0.25, 0.3) is 5.91 Å². The summed E-state index contributed by atoms with van der Waals surface area (Å²) in [7, 11) is 2.02. The van der Waals surface area contributed by atoms with E-state index in [0.29, 0.717) is 43.6 Å². The van der Waals surface area contributed by atoms with Crippen molar-refractivity contribution in [1.82, 2.24) is 19.8 Å². The molecule has 2 N–H and O–H groups in total. The van der Waals surface area contributed by atoms with Crippen LogP contribution in [0, 0.1) is 17.8 Å². The van der Waals surface area contributed by atoms with Gasteiger partial charge in [-0.25, -0.2) is 4.98 Å². The second-order valence-electron chi connectivity index (χ2n) is 10.2. The Bertz CT molecular complexity index is 1110. The summed E-state index contributed by atoms with van der Waals surface area (Å²) in [6.07, 6.45) is 6.39. The van der Waals surface area contributed by atoms with Crippen LogP contribution < -0.4 is 4.74 Å². The lowest BCUT2D eigenvalue weighted by Crippen LogP contribution is -2.49. The Hall–Kier alpha value is -2.99. The number of fused-ring (bicyclic) bond motifs is 1. The molecule has 3 heterocycles. The van der Waals surface area contributed by atoms with Crippen molar-refractivity contribution in [3.05, 3.63) is 53.5 Å². The first kappa shape index (κ1) is 26.1. The average molecular weight is 493 g/mol. The number of aromatic nitrogens is 2. The topological polar surface area (TPSA) is 99.0 Å². The molecule has 1 aliphatic carbocycles. The fourth-order valence-electron chi connectivity index (χ4n) is 4.80. The second-order valence-corrected chi connectivity index (χ2v) is 10.2. The second kappa shape index (κ2) is 11.4. The molecule has 0 bridgehead atoms. The molecule has 8 nitrogen and oxygen atoms in total. The Morgan fingerprint density at radius 3 is 2.78 bits per heavy atom. The Labute approximate surface area is 213 Å². The van der Waals surface area contributed by atoms with Crippen molar-refractivity contribution in [3.63, 3.8) is 0 Å². The van der Waals surface area contributed by atoms with Gasteiger partial charge in [-0.05, 0) is 57.9 Å². The van der Waals surface area contributed by atoms with Gasteiger partial charge in [0.1, 0.15) is 17.3 Å². The molecule has 0 spiro atoms. The molecule has 0 unspecified atom stereocenters. The first-order chi connectivity index (χ1) is 17.3. The first-order valence-electron chi connectivity index (χ1n) is 12.7. The fraction of sp³-hybridized carbons (Fsp3) is 0.536. The monoisotopic (exact) mass is 492 g/mol. The maximum Gasteiger partial charge on any atom is 0.259 e. The van der Waals surface area contributed by atoms with Crippen LogP contribution in [-0.4, -0.2) is 80.4 Å². The van der Waals surface area contributed by atoms with Crippen LogP contribution in [0.4, 0.5) is 0 Å². The summed E-state index contributed by atoms with van der Waals surface area (Å²) in [5.41, 5.74) is 0.876. The fourth-order valence-corrected chi connectivity index (χ4v) is 4.80. The molecule has 2 aromatic heterocycles. The van der Waals surface area contributed by atoms with Crippen LogP contribution in [0.25, 0.3) is 0 Å². The van der Waals surface area contributed by atoms with E-state index in [-0.39, 0.29) is 36.5 Å². The molecule has 1 aliphatic heterocycles. The molecule has 0 aromatic carbocycles. The lowest BCUT2D eigenvalue weighted by Gasteiger charge is -2.37. The van der Waals surface area contributed by atoms with Crippen molar-refractivity contribution in [2.45, 2.75) is 63.8 Å². The van der Waals surface area contributed by atoms with Crippen molar-refractivity contribution in [3.8, 4) is 17.7 Å². The average Bonchev–Trinajstić information content (AvgIpc) is 3.31. The first-order valence-corrected chi connectivity index (χ1v) is 12.7. The minimum atomic E-state index is -0.971. The summed E-state index contributed by atoms with van der Waals surface area (Å²) in [5.74, 6) is 6.02. The van der Waals surface area contributed by atoms with Crippen LogP contribution in [0.15, 0.2) is 36.7 Å². The molecule has 36 heavy (non-hydrogen) atoms. The van der Waals surface area contributed by atoms with Gasteiger partial charge in [-0.1, -0.05) is 24.8 Å². The third-order valence-electron chi connectivity index (χ3n) is 7.04.